The van der Waals surface area contributed by atoms with Crippen LogP contribution in [0.1, 0.15) is 42.0 Å². The second kappa shape index (κ2) is 9.86. The molecule has 0 aliphatic heterocycles. The lowest BCUT2D eigenvalue weighted by molar-refractivity contribution is -0.386. The fourth-order valence-corrected chi connectivity index (χ4v) is 4.16. The highest BCUT2D eigenvalue weighted by atomic mass is 79.9. The van der Waals surface area contributed by atoms with Crippen LogP contribution in [0.15, 0.2) is 33.9 Å². The zero-order valence-electron chi connectivity index (χ0n) is 16.6. The van der Waals surface area contributed by atoms with Crippen molar-refractivity contribution < 1.29 is 32.5 Å². The molecule has 2 aromatic rings. The smallest absolute Gasteiger partial charge is 0.303 e. The number of carbonyl (C=O) groups excluding carboxylic acids is 3. The minimum absolute atomic E-state index is 0.195. The van der Waals surface area contributed by atoms with Crippen LogP contribution in [0.25, 0.3) is 0 Å². The van der Waals surface area contributed by atoms with Crippen LogP contribution in [0.5, 0.6) is 0 Å². The van der Waals surface area contributed by atoms with Gasteiger partial charge in [-0.05, 0) is 34.7 Å². The number of ketones is 2. The minimum atomic E-state index is -4.94. The van der Waals surface area contributed by atoms with E-state index < -0.39 is 51.4 Å². The number of carbonyl (C=O) groups is 3. The van der Waals surface area contributed by atoms with Gasteiger partial charge >= 0.3 is 6.18 Å². The molecule has 0 aliphatic carbocycles. The first-order chi connectivity index (χ1) is 14.9. The van der Waals surface area contributed by atoms with Crippen LogP contribution in [0.4, 0.5) is 18.9 Å². The molecule has 0 spiro atoms. The molecule has 170 valence electrons. The van der Waals surface area contributed by atoms with Gasteiger partial charge in [0.05, 0.1) is 16.9 Å². The first kappa shape index (κ1) is 25.6. The zero-order valence-corrected chi connectivity index (χ0v) is 19.0. The monoisotopic (exact) mass is 533 g/mol. The molecule has 2 aromatic heterocycles. The molecule has 0 radical (unpaired) electrons. The molecule has 2 rings (SSSR count). The van der Waals surface area contributed by atoms with Crippen LogP contribution in [0.3, 0.4) is 0 Å². The van der Waals surface area contributed by atoms with Crippen LogP contribution in [0, 0.1) is 10.1 Å². The maximum absolute atomic E-state index is 13.5. The van der Waals surface area contributed by atoms with Crippen molar-refractivity contribution in [1.82, 2.24) is 9.97 Å². The van der Waals surface area contributed by atoms with E-state index in [2.05, 4.69) is 25.9 Å². The topological polar surface area (TPSA) is 120 Å². The van der Waals surface area contributed by atoms with Gasteiger partial charge < -0.3 is 4.79 Å². The Bertz CT molecular complexity index is 1100. The molecule has 0 amide bonds. The SMILES string of the molecule is CCSc1cc(Br)cnc1C(=O)C(C)(C(=O)CC=O)c1ncc(C(F)(F)F)cc1[N+](=O)[O-]. The number of Topliss-reactive ketones (excluding diaryl/α,β-unsaturated/α-hetero) is 2. The maximum atomic E-state index is 13.5. The van der Waals surface area contributed by atoms with Crippen molar-refractivity contribution in [2.45, 2.75) is 36.8 Å². The summed E-state index contributed by atoms with van der Waals surface area (Å²) in [7, 11) is 0. The summed E-state index contributed by atoms with van der Waals surface area (Å²) >= 11 is 4.41. The van der Waals surface area contributed by atoms with Crippen LogP contribution in [-0.4, -0.2) is 38.5 Å². The summed E-state index contributed by atoms with van der Waals surface area (Å²) in [4.78, 5) is 55.7. The average Bonchev–Trinajstić information content (AvgIpc) is 2.72. The number of rotatable bonds is 9. The molecule has 2 heterocycles. The van der Waals surface area contributed by atoms with E-state index in [1.165, 1.54) is 18.0 Å². The van der Waals surface area contributed by atoms with Crippen molar-refractivity contribution in [1.29, 1.82) is 0 Å². The highest BCUT2D eigenvalue weighted by molar-refractivity contribution is 9.10. The predicted molar refractivity (Wildman–Crippen MR) is 112 cm³/mol. The highest BCUT2D eigenvalue weighted by Gasteiger charge is 2.50. The molecule has 0 aromatic carbocycles. The second-order valence-corrected chi connectivity index (χ2v) is 8.75. The number of hydrogen-bond acceptors (Lipinski definition) is 8. The van der Waals surface area contributed by atoms with Crippen molar-refractivity contribution >= 4 is 51.2 Å². The van der Waals surface area contributed by atoms with Gasteiger partial charge in [-0.3, -0.25) is 29.7 Å². The van der Waals surface area contributed by atoms with Gasteiger partial charge in [0, 0.05) is 27.8 Å². The van der Waals surface area contributed by atoms with Gasteiger partial charge in [0.2, 0.25) is 5.78 Å². The second-order valence-electron chi connectivity index (χ2n) is 6.53. The molecule has 1 unspecified atom stereocenters. The van der Waals surface area contributed by atoms with Crippen molar-refractivity contribution in [2.75, 3.05) is 5.75 Å². The van der Waals surface area contributed by atoms with Crippen LogP contribution >= 0.6 is 27.7 Å². The van der Waals surface area contributed by atoms with Gasteiger partial charge in [-0.25, -0.2) is 0 Å². The number of aldehydes is 1. The maximum Gasteiger partial charge on any atom is 0.418 e. The van der Waals surface area contributed by atoms with Crippen LogP contribution < -0.4 is 0 Å². The van der Waals surface area contributed by atoms with Gasteiger partial charge in [0.1, 0.15) is 23.1 Å². The third-order valence-electron chi connectivity index (χ3n) is 4.48. The lowest BCUT2D eigenvalue weighted by atomic mass is 9.74. The van der Waals surface area contributed by atoms with E-state index in [1.807, 2.05) is 0 Å². The van der Waals surface area contributed by atoms with E-state index in [0.29, 0.717) is 21.3 Å². The summed E-state index contributed by atoms with van der Waals surface area (Å²) in [5.74, 6) is -1.58. The molecule has 8 nitrogen and oxygen atoms in total. The fourth-order valence-electron chi connectivity index (χ4n) is 2.87. The average molecular weight is 534 g/mol. The number of halogens is 4. The molecule has 0 fully saturated rings. The van der Waals surface area contributed by atoms with Crippen molar-refractivity contribution in [3.63, 3.8) is 0 Å². The van der Waals surface area contributed by atoms with E-state index in [4.69, 9.17) is 0 Å². The fraction of sp³-hybridized carbons (Fsp3) is 0.316. The lowest BCUT2D eigenvalue weighted by Gasteiger charge is -2.26. The van der Waals surface area contributed by atoms with Crippen molar-refractivity contribution in [3.8, 4) is 0 Å². The van der Waals surface area contributed by atoms with Gasteiger partial charge in [-0.15, -0.1) is 11.8 Å². The molecule has 13 heteroatoms. The number of nitrogens with zero attached hydrogens (tertiary/aromatic N) is 3. The molecule has 0 aliphatic rings. The van der Waals surface area contributed by atoms with E-state index in [1.54, 1.807) is 13.0 Å². The Morgan fingerprint density at radius 3 is 2.44 bits per heavy atom. The molecule has 32 heavy (non-hydrogen) atoms. The summed E-state index contributed by atoms with van der Waals surface area (Å²) in [5.41, 5.74) is -6.05. The Hall–Kier alpha value is -2.67. The normalized spacial score (nSPS) is 13.3. The number of alkyl halides is 3. The lowest BCUT2D eigenvalue weighted by Crippen LogP contribution is -2.43. The Labute approximate surface area is 192 Å². The molecule has 0 saturated heterocycles. The van der Waals surface area contributed by atoms with Gasteiger partial charge in [0.15, 0.2) is 5.78 Å². The van der Waals surface area contributed by atoms with Crippen LogP contribution in [-0.2, 0) is 21.2 Å². The minimum Gasteiger partial charge on any atom is -0.303 e. The molecule has 1 atom stereocenters. The molecular formula is C19H15BrF3N3O5S. The van der Waals surface area contributed by atoms with Gasteiger partial charge in [-0.2, -0.15) is 13.2 Å². The molecular weight excluding hydrogens is 519 g/mol. The van der Waals surface area contributed by atoms with E-state index in [0.717, 1.165) is 6.92 Å². The van der Waals surface area contributed by atoms with Crippen LogP contribution in [0.2, 0.25) is 0 Å². The Morgan fingerprint density at radius 2 is 1.91 bits per heavy atom. The third-order valence-corrected chi connectivity index (χ3v) is 5.82. The van der Waals surface area contributed by atoms with E-state index in [-0.39, 0.29) is 18.0 Å². The first-order valence-electron chi connectivity index (χ1n) is 8.90. The van der Waals surface area contributed by atoms with Gasteiger partial charge in [-0.1, -0.05) is 6.92 Å². The Kier molecular flexibility index (Phi) is 7.88. The first-order valence-corrected chi connectivity index (χ1v) is 10.7. The number of aromatic nitrogens is 2. The summed E-state index contributed by atoms with van der Waals surface area (Å²) in [5, 5.41) is 11.6. The molecule has 0 bridgehead atoms. The van der Waals surface area contributed by atoms with Crippen molar-refractivity contribution in [2.24, 2.45) is 0 Å². The number of pyridine rings is 2. The predicted octanol–water partition coefficient (Wildman–Crippen LogP) is 4.58. The highest BCUT2D eigenvalue weighted by Crippen LogP contribution is 2.39. The third kappa shape index (κ3) is 5.04. The van der Waals surface area contributed by atoms with E-state index >= 15 is 0 Å². The zero-order chi connectivity index (χ0) is 24.3. The quantitative estimate of drug-likeness (QED) is 0.115. The van der Waals surface area contributed by atoms with Crippen molar-refractivity contribution in [3.05, 3.63) is 56.1 Å². The Morgan fingerprint density at radius 1 is 1.25 bits per heavy atom. The van der Waals surface area contributed by atoms with E-state index in [9.17, 15) is 37.7 Å². The van der Waals surface area contributed by atoms with Gasteiger partial charge in [0.25, 0.3) is 5.69 Å². The largest absolute Gasteiger partial charge is 0.418 e. The Balaban J connectivity index is 2.83. The standard InChI is InChI=1S/C19H15BrF3N3O5S/c1-3-32-13-7-11(20)9-24-15(13)17(29)18(2,14(28)4-5-27)16-12(26(30)31)6-10(8-25-16)19(21,22)23/h5-9H,3-4H2,1-2H3. The molecule has 0 saturated carbocycles. The summed E-state index contributed by atoms with van der Waals surface area (Å²) < 4.78 is 39.8. The number of thioether (sulfide) groups is 1. The molecule has 0 N–H and O–H groups in total. The number of nitro groups is 1. The summed E-state index contributed by atoms with van der Waals surface area (Å²) in [6.07, 6.45) is -3.98. The summed E-state index contributed by atoms with van der Waals surface area (Å²) in [6.45, 7) is 2.78. The number of hydrogen-bond donors (Lipinski definition) is 0. The summed E-state index contributed by atoms with van der Waals surface area (Å²) in [6, 6.07) is 1.76.